The lowest BCUT2D eigenvalue weighted by molar-refractivity contribution is -0.145. The van der Waals surface area contributed by atoms with Crippen molar-refractivity contribution in [1.29, 1.82) is 0 Å². The third-order valence-corrected chi connectivity index (χ3v) is 5.09. The van der Waals surface area contributed by atoms with Crippen LogP contribution in [0.5, 0.6) is 5.75 Å². The summed E-state index contributed by atoms with van der Waals surface area (Å²) in [4.78, 5) is 11.5. The fraction of sp³-hybridized carbons (Fsp3) is 0.435. The summed E-state index contributed by atoms with van der Waals surface area (Å²) in [5, 5.41) is 13.9. The first-order valence-corrected chi connectivity index (χ1v) is 10.0. The monoisotopic (exact) mass is 383 g/mol. The first-order chi connectivity index (χ1) is 13.7. The highest BCUT2D eigenvalue weighted by Crippen LogP contribution is 2.25. The number of fused-ring (bicyclic) bond motifs is 1. The molecule has 0 fully saturated rings. The Labute approximate surface area is 166 Å². The molecule has 0 saturated carbocycles. The molecule has 28 heavy (non-hydrogen) atoms. The molecular weight excluding hydrogens is 354 g/mol. The average Bonchev–Trinajstić information content (AvgIpc) is 2.92. The number of aliphatic hydroxyl groups is 1. The van der Waals surface area contributed by atoms with Crippen LogP contribution in [0.4, 0.5) is 0 Å². The van der Waals surface area contributed by atoms with Gasteiger partial charge in [0.1, 0.15) is 5.75 Å². The molecule has 0 saturated heterocycles. The quantitative estimate of drug-likeness (QED) is 0.541. The van der Waals surface area contributed by atoms with Crippen LogP contribution in [0.1, 0.15) is 42.6 Å². The van der Waals surface area contributed by atoms with E-state index in [-0.39, 0.29) is 12.6 Å². The maximum Gasteiger partial charge on any atom is 0.344 e. The molecule has 0 amide bonds. The second-order valence-electron chi connectivity index (χ2n) is 7.15. The molecule has 1 aliphatic rings. The topological polar surface area (TPSA) is 67.8 Å². The summed E-state index contributed by atoms with van der Waals surface area (Å²) < 4.78 is 10.5. The zero-order valence-electron chi connectivity index (χ0n) is 16.4. The van der Waals surface area contributed by atoms with Gasteiger partial charge >= 0.3 is 5.97 Å². The lowest BCUT2D eigenvalue weighted by Gasteiger charge is -2.20. The Bertz CT molecular complexity index is 762. The molecular formula is C23H29NO4. The average molecular weight is 383 g/mol. The number of esters is 1. The highest BCUT2D eigenvalue weighted by molar-refractivity contribution is 5.71. The maximum absolute atomic E-state index is 11.5. The van der Waals surface area contributed by atoms with E-state index in [1.807, 2.05) is 42.5 Å². The molecule has 5 nitrogen and oxygen atoms in total. The van der Waals surface area contributed by atoms with Gasteiger partial charge in [-0.2, -0.15) is 0 Å². The summed E-state index contributed by atoms with van der Waals surface area (Å²) in [7, 11) is 0. The highest BCUT2D eigenvalue weighted by atomic mass is 16.6. The molecule has 2 aromatic carbocycles. The first kappa shape index (κ1) is 20.4. The molecule has 150 valence electrons. The van der Waals surface area contributed by atoms with E-state index in [0.29, 0.717) is 24.9 Å². The van der Waals surface area contributed by atoms with Crippen molar-refractivity contribution in [2.24, 2.45) is 0 Å². The van der Waals surface area contributed by atoms with Gasteiger partial charge in [0.15, 0.2) is 6.61 Å². The number of carbonyl (C=O) groups is 1. The van der Waals surface area contributed by atoms with E-state index >= 15 is 0 Å². The number of rotatable bonds is 8. The zero-order valence-corrected chi connectivity index (χ0v) is 16.4. The van der Waals surface area contributed by atoms with Gasteiger partial charge in [-0.15, -0.1) is 0 Å². The number of hydrogen-bond acceptors (Lipinski definition) is 5. The number of nitrogens with one attached hydrogen (secondary N) is 1. The summed E-state index contributed by atoms with van der Waals surface area (Å²) >= 11 is 0. The van der Waals surface area contributed by atoms with Crippen molar-refractivity contribution < 1.29 is 19.4 Å². The highest BCUT2D eigenvalue weighted by Gasteiger charge is 2.18. The van der Waals surface area contributed by atoms with Crippen LogP contribution in [0, 0.1) is 0 Å². The molecule has 0 spiro atoms. The molecule has 2 N–H and O–H groups in total. The molecule has 0 heterocycles. The van der Waals surface area contributed by atoms with Crippen LogP contribution in [-0.4, -0.2) is 36.9 Å². The normalized spacial score (nSPS) is 17.3. The zero-order chi connectivity index (χ0) is 19.8. The van der Waals surface area contributed by atoms with Gasteiger partial charge < -0.3 is 19.9 Å². The Morgan fingerprint density at radius 1 is 1.21 bits per heavy atom. The van der Waals surface area contributed by atoms with E-state index in [1.165, 1.54) is 11.1 Å². The largest absolute Gasteiger partial charge is 0.482 e. The Kier molecular flexibility index (Phi) is 7.46. The first-order valence-electron chi connectivity index (χ1n) is 10.0. The number of ether oxygens (including phenoxy) is 2. The molecule has 0 bridgehead atoms. The van der Waals surface area contributed by atoms with Gasteiger partial charge in [0.05, 0.1) is 12.7 Å². The Morgan fingerprint density at radius 2 is 2.04 bits per heavy atom. The van der Waals surface area contributed by atoms with Crippen molar-refractivity contribution in [2.45, 2.75) is 44.8 Å². The van der Waals surface area contributed by atoms with Crippen molar-refractivity contribution in [1.82, 2.24) is 5.32 Å². The molecule has 2 aromatic rings. The molecule has 5 heteroatoms. The summed E-state index contributed by atoms with van der Waals surface area (Å²) in [5.41, 5.74) is 3.50. The summed E-state index contributed by atoms with van der Waals surface area (Å²) in [6, 6.07) is 16.1. The van der Waals surface area contributed by atoms with E-state index in [9.17, 15) is 9.90 Å². The van der Waals surface area contributed by atoms with Gasteiger partial charge in [0.25, 0.3) is 0 Å². The van der Waals surface area contributed by atoms with Crippen molar-refractivity contribution in [3.05, 3.63) is 65.2 Å². The number of benzene rings is 2. The van der Waals surface area contributed by atoms with Crippen LogP contribution >= 0.6 is 0 Å². The Hall–Kier alpha value is -2.37. The third kappa shape index (κ3) is 5.81. The van der Waals surface area contributed by atoms with E-state index in [0.717, 1.165) is 31.2 Å². The second-order valence-corrected chi connectivity index (χ2v) is 7.15. The lowest BCUT2D eigenvalue weighted by atomic mass is 10.0. The second kappa shape index (κ2) is 10.2. The molecule has 0 radical (unpaired) electrons. The van der Waals surface area contributed by atoms with E-state index < -0.39 is 6.10 Å². The van der Waals surface area contributed by atoms with Gasteiger partial charge in [-0.05, 0) is 61.4 Å². The molecule has 1 aliphatic carbocycles. The van der Waals surface area contributed by atoms with Crippen LogP contribution in [0.25, 0.3) is 0 Å². The minimum Gasteiger partial charge on any atom is -0.482 e. The minimum absolute atomic E-state index is 0.0719. The van der Waals surface area contributed by atoms with E-state index in [2.05, 4.69) is 11.4 Å². The Balaban J connectivity index is 1.58. The van der Waals surface area contributed by atoms with Crippen LogP contribution in [0.2, 0.25) is 0 Å². The lowest BCUT2D eigenvalue weighted by Crippen LogP contribution is -2.34. The molecule has 0 aliphatic heterocycles. The molecule has 0 aromatic heterocycles. The maximum atomic E-state index is 11.5. The number of carbonyl (C=O) groups excluding carboxylic acids is 1. The van der Waals surface area contributed by atoms with Crippen LogP contribution < -0.4 is 10.1 Å². The Morgan fingerprint density at radius 3 is 2.82 bits per heavy atom. The summed E-state index contributed by atoms with van der Waals surface area (Å²) in [6.07, 6.45) is 3.58. The summed E-state index contributed by atoms with van der Waals surface area (Å²) in [5.74, 6) is 0.337. The minimum atomic E-state index is -0.511. The smallest absolute Gasteiger partial charge is 0.344 e. The summed E-state index contributed by atoms with van der Waals surface area (Å²) in [6.45, 7) is 2.59. The molecule has 0 unspecified atom stereocenters. The molecule has 2 atom stereocenters. The van der Waals surface area contributed by atoms with Gasteiger partial charge in [-0.25, -0.2) is 4.79 Å². The van der Waals surface area contributed by atoms with E-state index in [4.69, 9.17) is 9.47 Å². The van der Waals surface area contributed by atoms with Crippen LogP contribution in [-0.2, 0) is 22.4 Å². The number of hydrogen-bond donors (Lipinski definition) is 2. The number of aliphatic hydroxyl groups excluding tert-OH is 1. The SMILES string of the molecule is CCOC(=O)COc1ccc2c(c1)C[C@@H](NC[C@H](O)c1ccccc1)CCC2. The standard InChI is InChI=1S/C23H29NO4/c1-2-27-23(26)16-28-21-12-11-17-9-6-10-20(13-19(17)14-21)24-15-22(25)18-7-4-3-5-8-18/h3-5,7-8,11-12,14,20,22,24-25H,2,6,9-10,13,15-16H2,1H3/t20-,22-/m0/s1. The van der Waals surface area contributed by atoms with Crippen LogP contribution in [0.3, 0.4) is 0 Å². The third-order valence-electron chi connectivity index (χ3n) is 5.09. The predicted octanol–water partition coefficient (Wildman–Crippen LogP) is 3.20. The van der Waals surface area contributed by atoms with Crippen molar-refractivity contribution >= 4 is 5.97 Å². The van der Waals surface area contributed by atoms with Gasteiger partial charge in [-0.1, -0.05) is 36.4 Å². The van der Waals surface area contributed by atoms with Gasteiger partial charge in [0, 0.05) is 12.6 Å². The fourth-order valence-electron chi connectivity index (χ4n) is 3.62. The van der Waals surface area contributed by atoms with Crippen LogP contribution in [0.15, 0.2) is 48.5 Å². The fourth-order valence-corrected chi connectivity index (χ4v) is 3.62. The number of aryl methyl sites for hydroxylation is 1. The van der Waals surface area contributed by atoms with Gasteiger partial charge in [-0.3, -0.25) is 0 Å². The molecule has 3 rings (SSSR count). The van der Waals surface area contributed by atoms with Crippen molar-refractivity contribution in [3.8, 4) is 5.75 Å². The predicted molar refractivity (Wildman–Crippen MR) is 108 cm³/mol. The van der Waals surface area contributed by atoms with Gasteiger partial charge in [0.2, 0.25) is 0 Å². The van der Waals surface area contributed by atoms with Crippen molar-refractivity contribution in [2.75, 3.05) is 19.8 Å². The van der Waals surface area contributed by atoms with E-state index in [1.54, 1.807) is 6.92 Å². The van der Waals surface area contributed by atoms with Crippen molar-refractivity contribution in [3.63, 3.8) is 0 Å².